The molecule has 0 amide bonds. The van der Waals surface area contributed by atoms with Gasteiger partial charge in [-0.15, -0.1) is 11.3 Å². The number of aromatic nitrogens is 1. The number of hydrogen-bond donors (Lipinski definition) is 3. The molecule has 0 unspecified atom stereocenters. The number of alkyl halides is 3. The maximum absolute atomic E-state index is 13.8. The fraction of sp³-hybridized carbons (Fsp3) is 0.593. The van der Waals surface area contributed by atoms with Crippen LogP contribution in [-0.2, 0) is 20.9 Å². The van der Waals surface area contributed by atoms with E-state index in [0.29, 0.717) is 16.3 Å². The van der Waals surface area contributed by atoms with Crippen molar-refractivity contribution in [1.82, 2.24) is 4.98 Å². The summed E-state index contributed by atoms with van der Waals surface area (Å²) in [5.74, 6) is -2.90. The Hall–Kier alpha value is -2.34. The number of Topliss-reactive ketones (excluding diaryl/α,β-unsaturated/α-hetero) is 1. The number of ether oxygens (including phenoxy) is 1. The summed E-state index contributed by atoms with van der Waals surface area (Å²) in [6, 6.07) is 0. The molecule has 0 aromatic carbocycles. The van der Waals surface area contributed by atoms with Crippen molar-refractivity contribution in [2.45, 2.75) is 84.9 Å². The first kappa shape index (κ1) is 31.9. The van der Waals surface area contributed by atoms with E-state index in [-0.39, 0.29) is 13.0 Å². The van der Waals surface area contributed by atoms with Crippen LogP contribution >= 0.6 is 11.3 Å². The third-order valence-electron chi connectivity index (χ3n) is 6.91. The van der Waals surface area contributed by atoms with Crippen LogP contribution in [0.4, 0.5) is 13.2 Å². The fourth-order valence-corrected chi connectivity index (χ4v) is 4.84. The summed E-state index contributed by atoms with van der Waals surface area (Å²) in [4.78, 5) is 30.3. The van der Waals surface area contributed by atoms with Gasteiger partial charge in [0.2, 0.25) is 0 Å². The number of aliphatic hydroxyl groups is 2. The lowest BCUT2D eigenvalue weighted by Gasteiger charge is -2.34. The zero-order valence-corrected chi connectivity index (χ0v) is 23.1. The molecule has 0 spiro atoms. The van der Waals surface area contributed by atoms with E-state index < -0.39 is 71.9 Å². The van der Waals surface area contributed by atoms with E-state index >= 15 is 0 Å². The highest BCUT2D eigenvalue weighted by Crippen LogP contribution is 2.33. The Morgan fingerprint density at radius 3 is 2.53 bits per heavy atom. The van der Waals surface area contributed by atoms with E-state index in [1.54, 1.807) is 25.3 Å². The van der Waals surface area contributed by atoms with E-state index in [1.165, 1.54) is 44.3 Å². The Morgan fingerprint density at radius 2 is 1.95 bits per heavy atom. The molecule has 1 aliphatic rings. The minimum absolute atomic E-state index is 0.238. The van der Waals surface area contributed by atoms with Gasteiger partial charge in [0.25, 0.3) is 0 Å². The Bertz CT molecular complexity index is 1080. The molecule has 11 heteroatoms. The maximum atomic E-state index is 13.8. The second kappa shape index (κ2) is 13.1. The van der Waals surface area contributed by atoms with Gasteiger partial charge in [0.05, 0.1) is 29.7 Å². The van der Waals surface area contributed by atoms with Gasteiger partial charge in [-0.3, -0.25) is 9.59 Å². The summed E-state index contributed by atoms with van der Waals surface area (Å²) in [5.41, 5.74) is 4.37. The van der Waals surface area contributed by atoms with E-state index in [2.05, 4.69) is 4.98 Å². The molecule has 38 heavy (non-hydrogen) atoms. The van der Waals surface area contributed by atoms with E-state index in [4.69, 9.17) is 10.5 Å². The Morgan fingerprint density at radius 1 is 1.29 bits per heavy atom. The number of rotatable bonds is 3. The molecule has 212 valence electrons. The summed E-state index contributed by atoms with van der Waals surface area (Å²) >= 11 is 1.33. The maximum Gasteiger partial charge on any atom is 0.412 e. The monoisotopic (exact) mass is 558 g/mol. The molecule has 0 fully saturated rings. The molecule has 7 nitrogen and oxygen atoms in total. The molecule has 1 aromatic rings. The number of allylic oxidation sites excluding steroid dienone is 2. The van der Waals surface area contributed by atoms with Gasteiger partial charge in [-0.25, -0.2) is 4.98 Å². The molecular weight excluding hydrogens is 521 g/mol. The van der Waals surface area contributed by atoms with Gasteiger partial charge in [0.1, 0.15) is 16.9 Å². The molecule has 1 aromatic heterocycles. The van der Waals surface area contributed by atoms with Crippen LogP contribution in [0.5, 0.6) is 0 Å². The standard InChI is InChI=1S/C27H37F3N2O5S/c1-15-7-6-8-18(27(28,29)30)9-10-20(16(2)11-19-14-38-22(13-31)32-19)37-23(34)12-21(33)26(4,5)25(36)17(3)24(15)35/h6-7,9,11,14-15,17,20-21,24,33,35H,8,10,12-13,31H2,1-5H3/t15-,17+,20-,21-,24-/m0/s1. The first-order valence-corrected chi connectivity index (χ1v) is 13.3. The highest BCUT2D eigenvalue weighted by molar-refractivity contribution is 7.09. The highest BCUT2D eigenvalue weighted by Gasteiger charge is 2.42. The van der Waals surface area contributed by atoms with Gasteiger partial charge in [0.15, 0.2) is 0 Å². The first-order chi connectivity index (χ1) is 17.6. The molecule has 0 radical (unpaired) electrons. The van der Waals surface area contributed by atoms with Crippen LogP contribution in [-0.4, -0.2) is 51.4 Å². The molecule has 0 saturated carbocycles. The van der Waals surface area contributed by atoms with Crippen molar-refractivity contribution in [2.24, 2.45) is 23.0 Å². The molecule has 0 aliphatic carbocycles. The zero-order chi connectivity index (χ0) is 28.8. The van der Waals surface area contributed by atoms with Crippen molar-refractivity contribution in [3.63, 3.8) is 0 Å². The van der Waals surface area contributed by atoms with Crippen LogP contribution in [0.2, 0.25) is 0 Å². The van der Waals surface area contributed by atoms with Crippen molar-refractivity contribution in [3.05, 3.63) is 45.5 Å². The Balaban J connectivity index is 2.50. The van der Waals surface area contributed by atoms with Gasteiger partial charge in [-0.05, 0) is 25.0 Å². The number of halogens is 3. The third-order valence-corrected chi connectivity index (χ3v) is 7.80. The number of nitrogens with zero attached hydrogens (tertiary/aromatic N) is 1. The predicted octanol–water partition coefficient (Wildman–Crippen LogP) is 4.74. The lowest BCUT2D eigenvalue weighted by Crippen LogP contribution is -2.45. The van der Waals surface area contributed by atoms with Crippen LogP contribution in [0.15, 0.2) is 34.8 Å². The van der Waals surface area contributed by atoms with Gasteiger partial charge in [-0.2, -0.15) is 13.2 Å². The predicted molar refractivity (Wildman–Crippen MR) is 140 cm³/mol. The summed E-state index contributed by atoms with van der Waals surface area (Å²) in [6.07, 6.45) is -4.23. The summed E-state index contributed by atoms with van der Waals surface area (Å²) in [7, 11) is 0. The van der Waals surface area contributed by atoms with Crippen molar-refractivity contribution in [3.8, 4) is 0 Å². The second-order valence-electron chi connectivity index (χ2n) is 10.3. The number of nitrogens with two attached hydrogens (primary N) is 1. The van der Waals surface area contributed by atoms with Crippen LogP contribution in [0, 0.1) is 17.3 Å². The number of ketones is 1. The van der Waals surface area contributed by atoms with E-state index in [0.717, 1.165) is 6.08 Å². The van der Waals surface area contributed by atoms with Gasteiger partial charge in [0, 0.05) is 35.8 Å². The molecule has 0 bridgehead atoms. The second-order valence-corrected chi connectivity index (χ2v) is 11.2. The number of carbonyl (C=O) groups excluding carboxylic acids is 2. The molecule has 2 rings (SSSR count). The molecule has 4 N–H and O–H groups in total. The van der Waals surface area contributed by atoms with E-state index in [9.17, 15) is 33.0 Å². The number of esters is 1. The van der Waals surface area contributed by atoms with Crippen molar-refractivity contribution < 1.29 is 37.7 Å². The smallest absolute Gasteiger partial charge is 0.412 e. The summed E-state index contributed by atoms with van der Waals surface area (Å²) in [6.45, 7) is 7.92. The topological polar surface area (TPSA) is 123 Å². The normalized spacial score (nSPS) is 28.7. The molecule has 2 heterocycles. The third kappa shape index (κ3) is 8.33. The molecule has 1 aliphatic heterocycles. The number of hydrogen-bond acceptors (Lipinski definition) is 8. The number of carbonyl (C=O) groups is 2. The van der Waals surface area contributed by atoms with Crippen LogP contribution in [0.3, 0.4) is 0 Å². The molecule has 0 saturated heterocycles. The largest absolute Gasteiger partial charge is 0.457 e. The highest BCUT2D eigenvalue weighted by atomic mass is 32.1. The van der Waals surface area contributed by atoms with Crippen LogP contribution in [0.1, 0.15) is 64.6 Å². The number of thiazole rings is 1. The average molecular weight is 559 g/mol. The average Bonchev–Trinajstić information content (AvgIpc) is 3.29. The van der Waals surface area contributed by atoms with Crippen molar-refractivity contribution in [1.29, 1.82) is 0 Å². The summed E-state index contributed by atoms with van der Waals surface area (Å²) < 4.78 is 46.9. The van der Waals surface area contributed by atoms with Crippen molar-refractivity contribution >= 4 is 29.2 Å². The minimum Gasteiger partial charge on any atom is -0.457 e. The van der Waals surface area contributed by atoms with Gasteiger partial charge in [-0.1, -0.05) is 45.9 Å². The lowest BCUT2D eigenvalue weighted by molar-refractivity contribution is -0.154. The van der Waals surface area contributed by atoms with Crippen LogP contribution < -0.4 is 5.73 Å². The lowest BCUT2D eigenvalue weighted by atomic mass is 9.73. The minimum atomic E-state index is -4.63. The fourth-order valence-electron chi connectivity index (χ4n) is 4.21. The van der Waals surface area contributed by atoms with E-state index in [1.807, 2.05) is 0 Å². The molecular formula is C27H37F3N2O5S. The molecule has 5 atom stereocenters. The number of cyclic esters (lactones) is 1. The summed E-state index contributed by atoms with van der Waals surface area (Å²) in [5, 5.41) is 23.9. The first-order valence-electron chi connectivity index (χ1n) is 12.4. The quantitative estimate of drug-likeness (QED) is 0.362. The number of aliphatic hydroxyl groups excluding tert-OH is 2. The SMILES string of the molecule is CC(=Cc1csc(CN)n1)[C@@H]1CC=C(C(F)(F)F)CC=C[C@H](C)[C@H](O)[C@@H](C)C(=O)C(C)(C)[C@@H](O)CC(=O)O1. The van der Waals surface area contributed by atoms with Gasteiger partial charge < -0.3 is 20.7 Å². The van der Waals surface area contributed by atoms with Crippen LogP contribution in [0.25, 0.3) is 6.08 Å². The Kier molecular flexibility index (Phi) is 11.0. The Labute approximate surface area is 225 Å². The zero-order valence-electron chi connectivity index (χ0n) is 22.3. The van der Waals surface area contributed by atoms with Gasteiger partial charge >= 0.3 is 12.1 Å². The van der Waals surface area contributed by atoms with Crippen molar-refractivity contribution in [2.75, 3.05) is 0 Å².